The van der Waals surface area contributed by atoms with Crippen molar-refractivity contribution in [1.29, 1.82) is 0 Å². The number of nitrogens with zero attached hydrogens (tertiary/aromatic N) is 6. The van der Waals surface area contributed by atoms with E-state index in [1.165, 1.54) is 17.5 Å². The Morgan fingerprint density at radius 2 is 1.81 bits per heavy atom. The van der Waals surface area contributed by atoms with Crippen molar-refractivity contribution in [3.05, 3.63) is 53.2 Å². The molecular formula is C17H17N7OS. The van der Waals surface area contributed by atoms with Crippen LogP contribution in [0, 0.1) is 0 Å². The number of amides is 1. The minimum atomic E-state index is -0.246. The molecule has 4 rings (SSSR count). The molecular weight excluding hydrogens is 350 g/mol. The van der Waals surface area contributed by atoms with Gasteiger partial charge in [-0.3, -0.25) is 15.1 Å². The predicted molar refractivity (Wildman–Crippen MR) is 101 cm³/mol. The van der Waals surface area contributed by atoms with E-state index in [1.807, 2.05) is 30.5 Å². The molecule has 9 heteroatoms. The van der Waals surface area contributed by atoms with Gasteiger partial charge in [0.1, 0.15) is 16.5 Å². The summed E-state index contributed by atoms with van der Waals surface area (Å²) in [6, 6.07) is 7.80. The standard InChI is InChI=1S/C17H17N7OS/c25-16(13-11-18-12-26-13)22-17-20-6-4-15(21-17)24-9-7-23(8-10-24)14-3-1-2-5-19-14/h1-6,11-12H,7-10H2,(H,20,21,22,25). The van der Waals surface area contributed by atoms with Crippen LogP contribution in [0.4, 0.5) is 17.6 Å². The maximum atomic E-state index is 12.1. The largest absolute Gasteiger partial charge is 0.353 e. The lowest BCUT2D eigenvalue weighted by Crippen LogP contribution is -2.47. The van der Waals surface area contributed by atoms with Crippen LogP contribution in [0.5, 0.6) is 0 Å². The summed E-state index contributed by atoms with van der Waals surface area (Å²) in [5, 5.41) is 2.72. The van der Waals surface area contributed by atoms with Crippen molar-refractivity contribution in [3.8, 4) is 0 Å². The molecule has 0 unspecified atom stereocenters. The van der Waals surface area contributed by atoms with Gasteiger partial charge in [0.25, 0.3) is 5.91 Å². The zero-order valence-corrected chi connectivity index (χ0v) is 14.8. The molecule has 0 radical (unpaired) electrons. The van der Waals surface area contributed by atoms with E-state index in [2.05, 4.69) is 35.1 Å². The number of hydrogen-bond donors (Lipinski definition) is 1. The number of carbonyl (C=O) groups is 1. The van der Waals surface area contributed by atoms with E-state index >= 15 is 0 Å². The Kier molecular flexibility index (Phi) is 4.69. The van der Waals surface area contributed by atoms with Gasteiger partial charge in [0.05, 0.1) is 11.7 Å². The second-order valence-corrected chi connectivity index (χ2v) is 6.61. The molecule has 1 aliphatic heterocycles. The lowest BCUT2D eigenvalue weighted by atomic mass is 10.3. The molecule has 3 aromatic heterocycles. The van der Waals surface area contributed by atoms with Crippen LogP contribution in [0.3, 0.4) is 0 Å². The molecule has 0 spiro atoms. The third-order valence-corrected chi connectivity index (χ3v) is 4.87. The third kappa shape index (κ3) is 3.62. The first kappa shape index (κ1) is 16.4. The molecule has 8 nitrogen and oxygen atoms in total. The number of thiazole rings is 1. The maximum absolute atomic E-state index is 12.1. The quantitative estimate of drug-likeness (QED) is 0.754. The molecule has 1 amide bonds. The molecule has 0 atom stereocenters. The number of piperazine rings is 1. The molecule has 3 aromatic rings. The minimum Gasteiger partial charge on any atom is -0.353 e. The van der Waals surface area contributed by atoms with Crippen LogP contribution in [0.25, 0.3) is 0 Å². The van der Waals surface area contributed by atoms with E-state index in [0.29, 0.717) is 10.8 Å². The Bertz CT molecular complexity index is 864. The molecule has 0 aromatic carbocycles. The summed E-state index contributed by atoms with van der Waals surface area (Å²) in [6.07, 6.45) is 5.00. The second kappa shape index (κ2) is 7.44. The van der Waals surface area contributed by atoms with Gasteiger partial charge in [-0.1, -0.05) is 6.07 Å². The molecule has 1 N–H and O–H groups in total. The summed E-state index contributed by atoms with van der Waals surface area (Å²) in [7, 11) is 0. The highest BCUT2D eigenvalue weighted by Gasteiger charge is 2.19. The summed E-state index contributed by atoms with van der Waals surface area (Å²) < 4.78 is 0. The van der Waals surface area contributed by atoms with Gasteiger partial charge in [0.15, 0.2) is 0 Å². The average Bonchev–Trinajstić information content (AvgIpc) is 3.24. The summed E-state index contributed by atoms with van der Waals surface area (Å²) in [5.74, 6) is 1.85. The highest BCUT2D eigenvalue weighted by Crippen LogP contribution is 2.18. The zero-order valence-electron chi connectivity index (χ0n) is 13.9. The van der Waals surface area contributed by atoms with Crippen molar-refractivity contribution in [2.45, 2.75) is 0 Å². The van der Waals surface area contributed by atoms with E-state index in [0.717, 1.165) is 37.8 Å². The van der Waals surface area contributed by atoms with Crippen molar-refractivity contribution in [1.82, 2.24) is 19.9 Å². The molecule has 1 aliphatic rings. The van der Waals surface area contributed by atoms with E-state index in [1.54, 1.807) is 11.7 Å². The first-order valence-corrected chi connectivity index (χ1v) is 9.11. The van der Waals surface area contributed by atoms with Crippen LogP contribution in [0.15, 0.2) is 48.4 Å². The van der Waals surface area contributed by atoms with Crippen LogP contribution in [-0.4, -0.2) is 52.0 Å². The average molecular weight is 367 g/mol. The fourth-order valence-electron chi connectivity index (χ4n) is 2.78. The third-order valence-electron chi connectivity index (χ3n) is 4.10. The van der Waals surface area contributed by atoms with Crippen LogP contribution < -0.4 is 15.1 Å². The normalized spacial score (nSPS) is 14.3. The van der Waals surface area contributed by atoms with Gasteiger partial charge in [-0.15, -0.1) is 11.3 Å². The van der Waals surface area contributed by atoms with Crippen molar-refractivity contribution in [2.24, 2.45) is 0 Å². The van der Waals surface area contributed by atoms with E-state index in [4.69, 9.17) is 0 Å². The first-order chi connectivity index (χ1) is 12.8. The Labute approximate surface area is 154 Å². The predicted octanol–water partition coefficient (Wildman–Crippen LogP) is 1.91. The number of pyridine rings is 1. The topological polar surface area (TPSA) is 87.1 Å². The highest BCUT2D eigenvalue weighted by atomic mass is 32.1. The molecule has 1 fully saturated rings. The van der Waals surface area contributed by atoms with Gasteiger partial charge in [-0.05, 0) is 18.2 Å². The van der Waals surface area contributed by atoms with Gasteiger partial charge in [-0.2, -0.15) is 4.98 Å². The van der Waals surface area contributed by atoms with E-state index in [9.17, 15) is 4.79 Å². The van der Waals surface area contributed by atoms with Crippen molar-refractivity contribution >= 4 is 34.8 Å². The van der Waals surface area contributed by atoms with Gasteiger partial charge in [0.2, 0.25) is 5.95 Å². The first-order valence-electron chi connectivity index (χ1n) is 8.23. The SMILES string of the molecule is O=C(Nc1nccc(N2CCN(c3ccccn3)CC2)n1)c1cncs1. The summed E-state index contributed by atoms with van der Waals surface area (Å²) >= 11 is 1.28. The Morgan fingerprint density at radius 1 is 1.00 bits per heavy atom. The summed E-state index contributed by atoms with van der Waals surface area (Å²) in [6.45, 7) is 3.39. The minimum absolute atomic E-state index is 0.246. The number of anilines is 3. The Hall–Kier alpha value is -3.07. The van der Waals surface area contributed by atoms with Crippen molar-refractivity contribution in [3.63, 3.8) is 0 Å². The van der Waals surface area contributed by atoms with E-state index < -0.39 is 0 Å². The maximum Gasteiger partial charge on any atom is 0.269 e. The second-order valence-electron chi connectivity index (χ2n) is 5.72. The van der Waals surface area contributed by atoms with Crippen molar-refractivity contribution in [2.75, 3.05) is 41.3 Å². The fraction of sp³-hybridized carbons (Fsp3) is 0.235. The van der Waals surface area contributed by atoms with Gasteiger partial charge in [-0.25, -0.2) is 9.97 Å². The molecule has 132 valence electrons. The number of carbonyl (C=O) groups excluding carboxylic acids is 1. The van der Waals surface area contributed by atoms with Crippen LogP contribution in [0.1, 0.15) is 9.67 Å². The molecule has 0 aliphatic carbocycles. The molecule has 1 saturated heterocycles. The molecule has 26 heavy (non-hydrogen) atoms. The Balaban J connectivity index is 1.40. The Morgan fingerprint density at radius 3 is 2.50 bits per heavy atom. The summed E-state index contributed by atoms with van der Waals surface area (Å²) in [4.78, 5) is 34.0. The number of nitrogens with one attached hydrogen (secondary N) is 1. The molecule has 0 saturated carbocycles. The fourth-order valence-corrected chi connectivity index (χ4v) is 3.30. The lowest BCUT2D eigenvalue weighted by molar-refractivity contribution is 0.102. The van der Waals surface area contributed by atoms with Crippen molar-refractivity contribution < 1.29 is 4.79 Å². The highest BCUT2D eigenvalue weighted by molar-refractivity contribution is 7.11. The zero-order chi connectivity index (χ0) is 17.8. The molecule has 0 bridgehead atoms. The number of rotatable bonds is 4. The van der Waals surface area contributed by atoms with E-state index in [-0.39, 0.29) is 5.91 Å². The van der Waals surface area contributed by atoms with Gasteiger partial charge in [0, 0.05) is 38.6 Å². The van der Waals surface area contributed by atoms with Crippen LogP contribution in [0.2, 0.25) is 0 Å². The summed E-state index contributed by atoms with van der Waals surface area (Å²) in [5.41, 5.74) is 1.62. The van der Waals surface area contributed by atoms with Crippen LogP contribution >= 0.6 is 11.3 Å². The smallest absolute Gasteiger partial charge is 0.269 e. The van der Waals surface area contributed by atoms with Gasteiger partial charge >= 0.3 is 0 Å². The number of aromatic nitrogens is 4. The van der Waals surface area contributed by atoms with Crippen LogP contribution in [-0.2, 0) is 0 Å². The monoisotopic (exact) mass is 367 g/mol. The lowest BCUT2D eigenvalue weighted by Gasteiger charge is -2.36. The number of hydrogen-bond acceptors (Lipinski definition) is 8. The van der Waals surface area contributed by atoms with Gasteiger partial charge < -0.3 is 9.80 Å². The molecule has 4 heterocycles.